The van der Waals surface area contributed by atoms with Gasteiger partial charge in [-0.15, -0.1) is 11.6 Å². The molecule has 0 saturated carbocycles. The van der Waals surface area contributed by atoms with Crippen LogP contribution in [0.15, 0.2) is 0 Å². The first-order valence-electron chi connectivity index (χ1n) is 13.0. The number of carbonyl (C=O) groups excluding carboxylic acids is 1. The normalized spacial score (nSPS) is 11.2. The van der Waals surface area contributed by atoms with Gasteiger partial charge in [-0.1, -0.05) is 39.0 Å². The predicted octanol–water partition coefficient (Wildman–Crippen LogP) is 4.40. The van der Waals surface area contributed by atoms with Gasteiger partial charge in [-0.2, -0.15) is 0 Å². The van der Waals surface area contributed by atoms with Crippen LogP contribution in [0.25, 0.3) is 0 Å². The van der Waals surface area contributed by atoms with Crippen LogP contribution in [0.2, 0.25) is 0 Å². The Morgan fingerprint density at radius 3 is 1.38 bits per heavy atom. The average Bonchev–Trinajstić information content (AvgIpc) is 2.84. The fourth-order valence-electron chi connectivity index (χ4n) is 2.84. The van der Waals surface area contributed by atoms with Crippen molar-refractivity contribution >= 4 is 17.6 Å². The maximum Gasteiger partial charge on any atom is 0.305 e. The number of hydrogen-bond acceptors (Lipinski definition) is 8. The summed E-state index contributed by atoms with van der Waals surface area (Å²) >= 11 is 5.64. The summed E-state index contributed by atoms with van der Waals surface area (Å²) in [5, 5.41) is 0. The Labute approximate surface area is 212 Å². The van der Waals surface area contributed by atoms with Crippen LogP contribution < -0.4 is 0 Å². The molecule has 0 aliphatic rings. The lowest BCUT2D eigenvalue weighted by Crippen LogP contribution is -2.15. The van der Waals surface area contributed by atoms with Crippen molar-refractivity contribution in [1.29, 1.82) is 0 Å². The van der Waals surface area contributed by atoms with Crippen LogP contribution in [0.1, 0.15) is 64.7 Å². The van der Waals surface area contributed by atoms with Crippen LogP contribution in [0.4, 0.5) is 0 Å². The van der Waals surface area contributed by atoms with Gasteiger partial charge in [-0.25, -0.2) is 0 Å². The molecule has 0 spiro atoms. The number of alkyl halides is 1. The van der Waals surface area contributed by atoms with Gasteiger partial charge in [0.2, 0.25) is 0 Å². The highest BCUT2D eigenvalue weighted by molar-refractivity contribution is 6.17. The number of unbranched alkanes of at least 4 members (excludes halogenated alkanes) is 6. The number of rotatable bonds is 29. The highest BCUT2D eigenvalue weighted by Crippen LogP contribution is 2.03. The van der Waals surface area contributed by atoms with E-state index in [1.54, 1.807) is 0 Å². The molecule has 0 aliphatic heterocycles. The van der Waals surface area contributed by atoms with Crippen molar-refractivity contribution in [3.05, 3.63) is 0 Å². The molecule has 0 bridgehead atoms. The summed E-state index contributed by atoms with van der Waals surface area (Å²) in [6.07, 6.45) is 9.31. The van der Waals surface area contributed by atoms with Crippen molar-refractivity contribution in [2.75, 3.05) is 91.8 Å². The molecule has 0 aromatic carbocycles. The quantitative estimate of drug-likeness (QED) is 0.0828. The van der Waals surface area contributed by atoms with Gasteiger partial charge in [0.05, 0.1) is 72.7 Å². The number of ether oxygens (including phenoxy) is 7. The topological polar surface area (TPSA) is 81.7 Å². The highest BCUT2D eigenvalue weighted by Gasteiger charge is 2.02. The third-order valence-electron chi connectivity index (χ3n) is 4.76. The standard InChI is InChI=1S/C25H49ClO8/c1-2-3-4-7-10-25(27)34-24-23-33-22-21-32-20-19-31-18-17-30-16-15-29-14-13-28-12-9-6-5-8-11-26/h2-24H2,1H3. The molecule has 0 rings (SSSR count). The van der Waals surface area contributed by atoms with Gasteiger partial charge in [-0.05, 0) is 19.3 Å². The van der Waals surface area contributed by atoms with Crippen LogP contribution in [0.5, 0.6) is 0 Å². The molecule has 0 amide bonds. The van der Waals surface area contributed by atoms with E-state index in [1.807, 2.05) is 0 Å². The van der Waals surface area contributed by atoms with E-state index in [4.69, 9.17) is 44.8 Å². The Bertz CT molecular complexity index is 401. The average molecular weight is 513 g/mol. The molecule has 0 unspecified atom stereocenters. The molecule has 9 heteroatoms. The molecule has 34 heavy (non-hydrogen) atoms. The zero-order valence-electron chi connectivity index (χ0n) is 21.4. The number of esters is 1. The van der Waals surface area contributed by atoms with E-state index in [0.717, 1.165) is 44.6 Å². The Hall–Kier alpha value is -0.480. The van der Waals surface area contributed by atoms with E-state index in [2.05, 4.69) is 6.92 Å². The maximum absolute atomic E-state index is 11.5. The van der Waals surface area contributed by atoms with Gasteiger partial charge in [0.25, 0.3) is 0 Å². The molecule has 0 aromatic heterocycles. The second-order valence-electron chi connectivity index (χ2n) is 7.81. The van der Waals surface area contributed by atoms with Gasteiger partial charge in [0, 0.05) is 18.9 Å². The molecule has 0 aromatic rings. The summed E-state index contributed by atoms with van der Waals surface area (Å²) in [6, 6.07) is 0. The fourth-order valence-corrected chi connectivity index (χ4v) is 3.03. The summed E-state index contributed by atoms with van der Waals surface area (Å²) in [7, 11) is 0. The van der Waals surface area contributed by atoms with E-state index in [1.165, 1.54) is 19.3 Å². The highest BCUT2D eigenvalue weighted by atomic mass is 35.5. The van der Waals surface area contributed by atoms with E-state index < -0.39 is 0 Å². The van der Waals surface area contributed by atoms with Gasteiger partial charge in [0.15, 0.2) is 0 Å². The van der Waals surface area contributed by atoms with Crippen LogP contribution in [0, 0.1) is 0 Å². The van der Waals surface area contributed by atoms with Gasteiger partial charge < -0.3 is 33.2 Å². The van der Waals surface area contributed by atoms with Crippen molar-refractivity contribution in [3.8, 4) is 0 Å². The van der Waals surface area contributed by atoms with E-state index in [-0.39, 0.29) is 5.97 Å². The van der Waals surface area contributed by atoms with Crippen molar-refractivity contribution in [3.63, 3.8) is 0 Å². The zero-order chi connectivity index (χ0) is 24.8. The molecular weight excluding hydrogens is 464 g/mol. The molecule has 0 heterocycles. The molecule has 8 nitrogen and oxygen atoms in total. The zero-order valence-corrected chi connectivity index (χ0v) is 22.2. The monoisotopic (exact) mass is 512 g/mol. The molecule has 204 valence electrons. The minimum Gasteiger partial charge on any atom is -0.463 e. The SMILES string of the molecule is CCCCCCC(=O)OCCOCCOCCOCCOCCOCCOCCCCCCCl. The molecular formula is C25H49ClO8. The molecule has 0 saturated heterocycles. The van der Waals surface area contributed by atoms with Crippen molar-refractivity contribution < 1.29 is 38.0 Å². The third-order valence-corrected chi connectivity index (χ3v) is 5.02. The van der Waals surface area contributed by atoms with Crippen LogP contribution in [0.3, 0.4) is 0 Å². The van der Waals surface area contributed by atoms with Crippen molar-refractivity contribution in [2.24, 2.45) is 0 Å². The smallest absolute Gasteiger partial charge is 0.305 e. The molecule has 0 fully saturated rings. The Morgan fingerprint density at radius 1 is 0.500 bits per heavy atom. The fraction of sp³-hybridized carbons (Fsp3) is 0.960. The minimum atomic E-state index is -0.144. The lowest BCUT2D eigenvalue weighted by Gasteiger charge is -2.08. The van der Waals surface area contributed by atoms with Gasteiger partial charge in [-0.3, -0.25) is 4.79 Å². The molecule has 0 N–H and O–H groups in total. The van der Waals surface area contributed by atoms with Crippen LogP contribution >= 0.6 is 11.6 Å². The maximum atomic E-state index is 11.5. The third kappa shape index (κ3) is 29.6. The Balaban J connectivity index is 3.07. The second-order valence-corrected chi connectivity index (χ2v) is 8.19. The van der Waals surface area contributed by atoms with E-state index in [0.29, 0.717) is 85.7 Å². The van der Waals surface area contributed by atoms with Gasteiger partial charge in [0.1, 0.15) is 6.61 Å². The Kier molecular flexibility index (Phi) is 30.1. The summed E-state index contributed by atoms with van der Waals surface area (Å²) in [4.78, 5) is 11.5. The van der Waals surface area contributed by atoms with Crippen LogP contribution in [-0.2, 0) is 38.0 Å². The number of halogens is 1. The summed E-state index contributed by atoms with van der Waals surface area (Å²) in [6.45, 7) is 8.96. The van der Waals surface area contributed by atoms with E-state index in [9.17, 15) is 4.79 Å². The molecule has 0 atom stereocenters. The Morgan fingerprint density at radius 2 is 0.912 bits per heavy atom. The first kappa shape index (κ1) is 33.5. The summed E-state index contributed by atoms with van der Waals surface area (Å²) in [5.74, 6) is 0.602. The summed E-state index contributed by atoms with van der Waals surface area (Å²) in [5.41, 5.74) is 0. The van der Waals surface area contributed by atoms with Crippen LogP contribution in [-0.4, -0.2) is 97.7 Å². The lowest BCUT2D eigenvalue weighted by molar-refractivity contribution is -0.145. The van der Waals surface area contributed by atoms with Gasteiger partial charge >= 0.3 is 5.97 Å². The second kappa shape index (κ2) is 30.6. The van der Waals surface area contributed by atoms with E-state index >= 15 is 0 Å². The lowest BCUT2D eigenvalue weighted by atomic mass is 10.2. The first-order valence-corrected chi connectivity index (χ1v) is 13.5. The predicted molar refractivity (Wildman–Crippen MR) is 134 cm³/mol. The number of carbonyl (C=O) groups is 1. The van der Waals surface area contributed by atoms with Crippen molar-refractivity contribution in [2.45, 2.75) is 64.7 Å². The minimum absolute atomic E-state index is 0.144. The molecule has 0 aliphatic carbocycles. The first-order chi connectivity index (χ1) is 16.8. The van der Waals surface area contributed by atoms with Crippen molar-refractivity contribution in [1.82, 2.24) is 0 Å². The number of hydrogen-bond donors (Lipinski definition) is 0. The summed E-state index contributed by atoms with van der Waals surface area (Å²) < 4.78 is 37.8. The molecule has 0 radical (unpaired) electrons. The largest absolute Gasteiger partial charge is 0.463 e.